The summed E-state index contributed by atoms with van der Waals surface area (Å²) < 4.78 is 5.37. The summed E-state index contributed by atoms with van der Waals surface area (Å²) in [5.74, 6) is 0. The zero-order valence-corrected chi connectivity index (χ0v) is 48.4. The van der Waals surface area contributed by atoms with E-state index in [9.17, 15) is 0 Å². The zero-order chi connectivity index (χ0) is 52.9. The smallest absolute Gasteiger partial charge is 0.264 e. The van der Waals surface area contributed by atoms with Crippen molar-refractivity contribution in [2.75, 3.05) is 9.80 Å². The summed E-state index contributed by atoms with van der Waals surface area (Å²) in [6.07, 6.45) is 0. The minimum atomic E-state index is -0.0538. The van der Waals surface area contributed by atoms with E-state index in [4.69, 9.17) is 0 Å². The van der Waals surface area contributed by atoms with E-state index < -0.39 is 0 Å². The van der Waals surface area contributed by atoms with Crippen molar-refractivity contribution in [1.29, 1.82) is 0 Å². The molecule has 2 aliphatic heterocycles. The molecule has 376 valence electrons. The van der Waals surface area contributed by atoms with Crippen molar-refractivity contribution in [3.05, 3.63) is 186 Å². The Balaban J connectivity index is 1.15. The van der Waals surface area contributed by atoms with Crippen molar-refractivity contribution in [3.8, 4) is 22.3 Å². The third-order valence-corrected chi connectivity index (χ3v) is 18.6. The largest absolute Gasteiger partial charge is 0.311 e. The molecule has 0 aliphatic carbocycles. The summed E-state index contributed by atoms with van der Waals surface area (Å²) in [6.45, 7) is 35.2. The van der Waals surface area contributed by atoms with Crippen LogP contribution in [0.2, 0.25) is 0 Å². The molecule has 0 amide bonds. The Kier molecular flexibility index (Phi) is 11.3. The van der Waals surface area contributed by atoms with Gasteiger partial charge in [-0.2, -0.15) is 0 Å². The van der Waals surface area contributed by atoms with Gasteiger partial charge in [0.15, 0.2) is 0 Å². The topological polar surface area (TPSA) is 6.48 Å². The van der Waals surface area contributed by atoms with E-state index >= 15 is 0 Å². The van der Waals surface area contributed by atoms with Gasteiger partial charge in [-0.1, -0.05) is 195 Å². The van der Waals surface area contributed by atoms with Gasteiger partial charge in [-0.25, -0.2) is 0 Å². The first-order chi connectivity index (χ1) is 35.3. The number of fused-ring (bicyclic) bond motifs is 9. The maximum atomic E-state index is 2.65. The van der Waals surface area contributed by atoms with Gasteiger partial charge in [-0.15, -0.1) is 22.7 Å². The quantitative estimate of drug-likeness (QED) is 0.162. The van der Waals surface area contributed by atoms with Gasteiger partial charge in [-0.05, 0) is 149 Å². The highest BCUT2D eigenvalue weighted by atomic mass is 32.1. The second kappa shape index (κ2) is 17.1. The van der Waals surface area contributed by atoms with Crippen LogP contribution in [-0.2, 0) is 27.1 Å². The summed E-state index contributed by atoms with van der Waals surface area (Å²) in [6, 6.07) is 61.9. The zero-order valence-electron chi connectivity index (χ0n) is 46.8. The lowest BCUT2D eigenvalue weighted by Gasteiger charge is -2.44. The van der Waals surface area contributed by atoms with E-state index in [0.717, 1.165) is 0 Å². The molecule has 0 spiro atoms. The lowest BCUT2D eigenvalue weighted by Crippen LogP contribution is -2.60. The van der Waals surface area contributed by atoms with E-state index in [1.165, 1.54) is 130 Å². The molecule has 12 rings (SSSR count). The van der Waals surface area contributed by atoms with E-state index in [1.54, 1.807) is 0 Å². The minimum absolute atomic E-state index is 0.00116. The number of rotatable bonds is 4. The van der Waals surface area contributed by atoms with Crippen LogP contribution in [0.25, 0.3) is 52.5 Å². The summed E-state index contributed by atoms with van der Waals surface area (Å²) >= 11 is 3.88. The van der Waals surface area contributed by atoms with Crippen molar-refractivity contribution in [3.63, 3.8) is 0 Å². The molecule has 5 heteroatoms. The van der Waals surface area contributed by atoms with Crippen LogP contribution in [0, 0.1) is 0 Å². The second-order valence-corrected chi connectivity index (χ2v) is 28.9. The third kappa shape index (κ3) is 8.36. The number of anilines is 6. The molecule has 0 bridgehead atoms. The predicted octanol–water partition coefficient (Wildman–Crippen LogP) is 19.2. The molecule has 4 heterocycles. The Morgan fingerprint density at radius 1 is 0.347 bits per heavy atom. The van der Waals surface area contributed by atoms with Crippen LogP contribution in [0.3, 0.4) is 0 Å². The number of thiophene rings is 2. The minimum Gasteiger partial charge on any atom is -0.311 e. The fourth-order valence-corrected chi connectivity index (χ4v) is 14.1. The maximum absolute atomic E-state index is 2.65. The van der Waals surface area contributed by atoms with Crippen LogP contribution in [0.5, 0.6) is 0 Å². The molecule has 2 nitrogen and oxygen atoms in total. The fourth-order valence-electron chi connectivity index (χ4n) is 11.7. The molecule has 0 N–H and O–H groups in total. The monoisotopic (exact) mass is 1010 g/mol. The average molecular weight is 1020 g/mol. The average Bonchev–Trinajstić information content (AvgIpc) is 3.93. The molecule has 0 unspecified atom stereocenters. The van der Waals surface area contributed by atoms with Crippen molar-refractivity contribution in [2.45, 2.75) is 131 Å². The molecular formula is C70H71BN2S2. The summed E-state index contributed by atoms with van der Waals surface area (Å²) in [5.41, 5.74) is 21.7. The Bertz CT molecular complexity index is 3910. The molecule has 0 fully saturated rings. The molecular weight excluding hydrogens is 944 g/mol. The van der Waals surface area contributed by atoms with Crippen molar-refractivity contribution in [2.24, 2.45) is 0 Å². The number of hydrogen-bond donors (Lipinski definition) is 0. The van der Waals surface area contributed by atoms with Crippen molar-refractivity contribution < 1.29 is 0 Å². The Hall–Kier alpha value is -6.40. The van der Waals surface area contributed by atoms with Gasteiger partial charge in [0.25, 0.3) is 6.71 Å². The Morgan fingerprint density at radius 2 is 0.920 bits per heavy atom. The lowest BCUT2D eigenvalue weighted by atomic mass is 9.36. The van der Waals surface area contributed by atoms with Crippen LogP contribution in [0.4, 0.5) is 34.1 Å². The Morgan fingerprint density at radius 3 is 1.60 bits per heavy atom. The molecule has 8 aromatic carbocycles. The normalized spacial score (nSPS) is 14.0. The molecule has 10 aromatic rings. The van der Waals surface area contributed by atoms with Crippen molar-refractivity contribution >= 4 is 109 Å². The van der Waals surface area contributed by atoms with E-state index in [2.05, 4.69) is 271 Å². The Labute approximate surface area is 455 Å². The number of benzene rings is 8. The maximum Gasteiger partial charge on any atom is 0.264 e. The van der Waals surface area contributed by atoms with Gasteiger partial charge in [-0.3, -0.25) is 0 Å². The van der Waals surface area contributed by atoms with Crippen LogP contribution in [-0.4, -0.2) is 6.71 Å². The van der Waals surface area contributed by atoms with Gasteiger partial charge >= 0.3 is 0 Å². The standard InChI is InChI=1S/C70H71BN2S2/c1-66(2,3)45-27-31-56(53(39-45)43-26-30-52-51-22-16-17-25-60(51)74-62(52)37-43)73-57-32-28-47(68(7,8)9)41-55(57)71-63-58(23-19-24-59(63)73)72(64-54-40-46(67(4,5)6)29-33-61(54)75-65(64)71)50-21-18-20-42(36-50)44-34-48(69(10,11)12)38-49(35-44)70(13,14)15/h16-41H,1-15H3. The first kappa shape index (κ1) is 49.5. The lowest BCUT2D eigenvalue weighted by molar-refractivity contribution is 0.569. The fraction of sp³-hybridized carbons (Fsp3) is 0.286. The van der Waals surface area contributed by atoms with Crippen LogP contribution in [0.1, 0.15) is 132 Å². The predicted molar refractivity (Wildman–Crippen MR) is 333 cm³/mol. The first-order valence-corrected chi connectivity index (χ1v) is 28.7. The van der Waals surface area contributed by atoms with E-state index in [0.29, 0.717) is 0 Å². The molecule has 0 saturated carbocycles. The highest BCUT2D eigenvalue weighted by Gasteiger charge is 2.46. The molecule has 75 heavy (non-hydrogen) atoms. The molecule has 0 saturated heterocycles. The summed E-state index contributed by atoms with van der Waals surface area (Å²) in [4.78, 5) is 5.28. The molecule has 2 aromatic heterocycles. The summed E-state index contributed by atoms with van der Waals surface area (Å²) in [7, 11) is 0. The van der Waals surface area contributed by atoms with Gasteiger partial charge in [0, 0.05) is 63.3 Å². The number of nitrogens with zero attached hydrogens (tertiary/aromatic N) is 2. The van der Waals surface area contributed by atoms with Gasteiger partial charge in [0.2, 0.25) is 0 Å². The van der Waals surface area contributed by atoms with E-state index in [-0.39, 0.29) is 33.8 Å². The van der Waals surface area contributed by atoms with Crippen LogP contribution in [0.15, 0.2) is 158 Å². The summed E-state index contributed by atoms with van der Waals surface area (Å²) in [5, 5.41) is 3.97. The van der Waals surface area contributed by atoms with Gasteiger partial charge < -0.3 is 9.80 Å². The molecule has 0 atom stereocenters. The first-order valence-electron chi connectivity index (χ1n) is 27.1. The van der Waals surface area contributed by atoms with Crippen LogP contribution < -0.4 is 25.5 Å². The SMILES string of the molecule is CC(C)(C)c1cc(-c2cccc(N3c4cccc5c4B(c4cc(C(C)(C)C)ccc4N5c4ccc(C(C)(C)C)cc4-c4ccc5c(c4)sc4ccccc45)c4sc5ccc(C(C)(C)C)cc5c43)c2)cc(C(C)(C)C)c1. The van der Waals surface area contributed by atoms with Gasteiger partial charge in [0.1, 0.15) is 0 Å². The van der Waals surface area contributed by atoms with E-state index in [1.807, 2.05) is 22.7 Å². The third-order valence-electron chi connectivity index (χ3n) is 16.2. The molecule has 0 radical (unpaired) electrons. The highest BCUT2D eigenvalue weighted by Crippen LogP contribution is 2.51. The van der Waals surface area contributed by atoms with Crippen LogP contribution >= 0.6 is 22.7 Å². The van der Waals surface area contributed by atoms with Crippen molar-refractivity contribution in [1.82, 2.24) is 0 Å². The molecule has 2 aliphatic rings. The highest BCUT2D eigenvalue weighted by molar-refractivity contribution is 7.33. The number of hydrogen-bond acceptors (Lipinski definition) is 4. The second-order valence-electron chi connectivity index (χ2n) is 26.8. The van der Waals surface area contributed by atoms with Gasteiger partial charge in [0.05, 0.1) is 11.4 Å².